The summed E-state index contributed by atoms with van der Waals surface area (Å²) in [7, 11) is 0. The number of nitro benzene ring substituents is 1. The highest BCUT2D eigenvalue weighted by Gasteiger charge is 2.19. The fourth-order valence-electron chi connectivity index (χ4n) is 1.46. The third-order valence-electron chi connectivity index (χ3n) is 2.33. The average molecular weight is 339 g/mol. The molecule has 2 rings (SSSR count). The van der Waals surface area contributed by atoms with Crippen LogP contribution in [-0.2, 0) is 0 Å². The molecule has 1 aromatic heterocycles. The molecule has 0 unspecified atom stereocenters. The van der Waals surface area contributed by atoms with E-state index in [4.69, 9.17) is 9.84 Å². The minimum atomic E-state index is -1.23. The highest BCUT2D eigenvalue weighted by Crippen LogP contribution is 2.33. The van der Waals surface area contributed by atoms with E-state index in [-0.39, 0.29) is 22.9 Å². The normalized spacial score (nSPS) is 10.1. The van der Waals surface area contributed by atoms with Gasteiger partial charge in [0.05, 0.1) is 4.92 Å². The summed E-state index contributed by atoms with van der Waals surface area (Å²) < 4.78 is 5.77. The van der Waals surface area contributed by atoms with Crippen molar-refractivity contribution < 1.29 is 19.6 Å². The van der Waals surface area contributed by atoms with Gasteiger partial charge in [0, 0.05) is 16.7 Å². The number of carboxylic acid groups (broad SMARTS) is 1. The number of carbonyl (C=O) groups is 1. The van der Waals surface area contributed by atoms with Gasteiger partial charge in [-0.15, -0.1) is 0 Å². The number of pyridine rings is 1. The van der Waals surface area contributed by atoms with Gasteiger partial charge in [0.2, 0.25) is 11.6 Å². The molecule has 8 heteroatoms. The third-order valence-corrected chi connectivity index (χ3v) is 2.82. The van der Waals surface area contributed by atoms with Crippen LogP contribution in [0.2, 0.25) is 0 Å². The number of hydrogen-bond acceptors (Lipinski definition) is 5. The number of carboxylic acids is 1. The van der Waals surface area contributed by atoms with Crippen molar-refractivity contribution in [2.75, 3.05) is 0 Å². The number of nitro groups is 1. The summed E-state index contributed by atoms with van der Waals surface area (Å²) in [6.45, 7) is 0. The van der Waals surface area contributed by atoms with Gasteiger partial charge in [0.15, 0.2) is 0 Å². The summed E-state index contributed by atoms with van der Waals surface area (Å²) >= 11 is 3.12. The van der Waals surface area contributed by atoms with Gasteiger partial charge in [-0.1, -0.05) is 15.9 Å². The van der Waals surface area contributed by atoms with Gasteiger partial charge in [0.1, 0.15) is 5.56 Å². The van der Waals surface area contributed by atoms with E-state index in [0.29, 0.717) is 4.47 Å². The van der Waals surface area contributed by atoms with Crippen molar-refractivity contribution in [3.05, 3.63) is 56.7 Å². The van der Waals surface area contributed by atoms with E-state index in [1.165, 1.54) is 30.5 Å². The molecule has 0 radical (unpaired) electrons. The number of rotatable bonds is 4. The fourth-order valence-corrected chi connectivity index (χ4v) is 1.81. The quantitative estimate of drug-likeness (QED) is 0.678. The Balaban J connectivity index is 2.45. The Bertz CT molecular complexity index is 689. The lowest BCUT2D eigenvalue weighted by Crippen LogP contribution is -2.02. The first-order valence-electron chi connectivity index (χ1n) is 5.29. The summed E-state index contributed by atoms with van der Waals surface area (Å²) in [5.41, 5.74) is -0.467. The SMILES string of the molecule is O=C(O)c1cccnc1Oc1ccc(Br)cc1[N+](=O)[O-]. The van der Waals surface area contributed by atoms with Crippen molar-refractivity contribution in [1.29, 1.82) is 0 Å². The molecular formula is C12H7BrN2O5. The van der Waals surface area contributed by atoms with Crippen molar-refractivity contribution in [2.24, 2.45) is 0 Å². The van der Waals surface area contributed by atoms with Crippen LogP contribution < -0.4 is 4.74 Å². The zero-order chi connectivity index (χ0) is 14.7. The van der Waals surface area contributed by atoms with Gasteiger partial charge in [-0.3, -0.25) is 10.1 Å². The Morgan fingerprint density at radius 1 is 1.40 bits per heavy atom. The number of benzene rings is 1. The molecule has 0 saturated carbocycles. The molecule has 2 aromatic rings. The molecule has 7 nitrogen and oxygen atoms in total. The first-order valence-corrected chi connectivity index (χ1v) is 6.08. The van der Waals surface area contributed by atoms with Crippen LogP contribution in [0.4, 0.5) is 5.69 Å². The average Bonchev–Trinajstić information content (AvgIpc) is 2.41. The lowest BCUT2D eigenvalue weighted by molar-refractivity contribution is -0.385. The zero-order valence-corrected chi connectivity index (χ0v) is 11.4. The van der Waals surface area contributed by atoms with Crippen LogP contribution in [0, 0.1) is 10.1 Å². The molecule has 20 heavy (non-hydrogen) atoms. The molecule has 1 aromatic carbocycles. The van der Waals surface area contributed by atoms with Gasteiger partial charge in [-0.2, -0.15) is 0 Å². The molecule has 0 aliphatic carbocycles. The van der Waals surface area contributed by atoms with Crippen molar-refractivity contribution in [3.63, 3.8) is 0 Å². The maximum atomic E-state index is 11.0. The summed E-state index contributed by atoms with van der Waals surface area (Å²) in [5, 5.41) is 20.0. The third kappa shape index (κ3) is 2.91. The zero-order valence-electron chi connectivity index (χ0n) is 9.82. The molecule has 1 N–H and O–H groups in total. The Morgan fingerprint density at radius 2 is 2.15 bits per heavy atom. The van der Waals surface area contributed by atoms with Gasteiger partial charge < -0.3 is 9.84 Å². The lowest BCUT2D eigenvalue weighted by Gasteiger charge is -2.07. The molecule has 0 saturated heterocycles. The number of aromatic nitrogens is 1. The van der Waals surface area contributed by atoms with Crippen LogP contribution in [0.25, 0.3) is 0 Å². The van der Waals surface area contributed by atoms with Gasteiger partial charge >= 0.3 is 11.7 Å². The minimum Gasteiger partial charge on any atom is -0.477 e. The van der Waals surface area contributed by atoms with Crippen molar-refractivity contribution >= 4 is 27.6 Å². The number of nitrogens with zero attached hydrogens (tertiary/aromatic N) is 2. The molecule has 1 heterocycles. The molecular weight excluding hydrogens is 332 g/mol. The maximum absolute atomic E-state index is 11.0. The second-order valence-corrected chi connectivity index (χ2v) is 4.55. The molecule has 0 bridgehead atoms. The molecule has 0 spiro atoms. The largest absolute Gasteiger partial charge is 0.477 e. The van der Waals surface area contributed by atoms with Crippen LogP contribution in [0.5, 0.6) is 11.6 Å². The Morgan fingerprint density at radius 3 is 2.80 bits per heavy atom. The highest BCUT2D eigenvalue weighted by atomic mass is 79.9. The second kappa shape index (κ2) is 5.66. The summed E-state index contributed by atoms with van der Waals surface area (Å²) in [4.78, 5) is 25.1. The number of aromatic carboxylic acids is 1. The number of halogens is 1. The molecule has 0 aliphatic rings. The number of hydrogen-bond donors (Lipinski definition) is 1. The molecule has 0 amide bonds. The number of ether oxygens (including phenoxy) is 1. The first kappa shape index (κ1) is 13.9. The Labute approximate surface area is 121 Å². The topological polar surface area (TPSA) is 103 Å². The van der Waals surface area contributed by atoms with E-state index in [1.54, 1.807) is 6.07 Å². The van der Waals surface area contributed by atoms with Crippen LogP contribution in [0.3, 0.4) is 0 Å². The second-order valence-electron chi connectivity index (χ2n) is 3.63. The van der Waals surface area contributed by atoms with E-state index in [1.807, 2.05) is 0 Å². The monoisotopic (exact) mass is 338 g/mol. The molecule has 0 fully saturated rings. The van der Waals surface area contributed by atoms with Gasteiger partial charge in [0.25, 0.3) is 0 Å². The van der Waals surface area contributed by atoms with Gasteiger partial charge in [-0.05, 0) is 24.3 Å². The molecule has 0 aliphatic heterocycles. The molecule has 0 atom stereocenters. The van der Waals surface area contributed by atoms with E-state index >= 15 is 0 Å². The van der Waals surface area contributed by atoms with Crippen molar-refractivity contribution in [3.8, 4) is 11.6 Å². The van der Waals surface area contributed by atoms with E-state index in [0.717, 1.165) is 0 Å². The van der Waals surface area contributed by atoms with E-state index in [9.17, 15) is 14.9 Å². The predicted octanol–water partition coefficient (Wildman–Crippen LogP) is 3.24. The van der Waals surface area contributed by atoms with E-state index < -0.39 is 10.9 Å². The fraction of sp³-hybridized carbons (Fsp3) is 0. The Kier molecular flexibility index (Phi) is 3.94. The van der Waals surface area contributed by atoms with Crippen molar-refractivity contribution in [1.82, 2.24) is 4.98 Å². The summed E-state index contributed by atoms with van der Waals surface area (Å²) in [6, 6.07) is 6.91. The van der Waals surface area contributed by atoms with Gasteiger partial charge in [-0.25, -0.2) is 9.78 Å². The smallest absolute Gasteiger partial charge is 0.341 e. The van der Waals surface area contributed by atoms with Crippen LogP contribution in [0.15, 0.2) is 41.0 Å². The Hall–Kier alpha value is -2.48. The molecule has 102 valence electrons. The summed E-state index contributed by atoms with van der Waals surface area (Å²) in [6.07, 6.45) is 1.34. The minimum absolute atomic E-state index is 0.0839. The summed E-state index contributed by atoms with van der Waals surface area (Å²) in [5.74, 6) is -1.52. The first-order chi connectivity index (χ1) is 9.49. The lowest BCUT2D eigenvalue weighted by atomic mass is 10.2. The van der Waals surface area contributed by atoms with Crippen LogP contribution >= 0.6 is 15.9 Å². The maximum Gasteiger partial charge on any atom is 0.341 e. The van der Waals surface area contributed by atoms with Crippen LogP contribution in [-0.4, -0.2) is 21.0 Å². The predicted molar refractivity (Wildman–Crippen MR) is 72.1 cm³/mol. The van der Waals surface area contributed by atoms with Crippen LogP contribution in [0.1, 0.15) is 10.4 Å². The highest BCUT2D eigenvalue weighted by molar-refractivity contribution is 9.10. The van der Waals surface area contributed by atoms with E-state index in [2.05, 4.69) is 20.9 Å². The van der Waals surface area contributed by atoms with Crippen molar-refractivity contribution in [2.45, 2.75) is 0 Å². The standard InChI is InChI=1S/C12H7BrN2O5/c13-7-3-4-10(9(6-7)15(18)19)20-11-8(12(16)17)2-1-5-14-11/h1-6H,(H,16,17).